The molecule has 1 N–H and O–H groups in total. The Balaban J connectivity index is 1.55. The Morgan fingerprint density at radius 2 is 1.89 bits per heavy atom. The molecule has 28 heavy (non-hydrogen) atoms. The molecular weight excluding hydrogens is 394 g/mol. The molecule has 0 bridgehead atoms. The predicted molar refractivity (Wildman–Crippen MR) is 113 cm³/mol. The minimum Gasteiger partial charge on any atom is -0.493 e. The largest absolute Gasteiger partial charge is 0.493 e. The van der Waals surface area contributed by atoms with E-state index in [1.165, 1.54) is 23.0 Å². The van der Waals surface area contributed by atoms with Crippen LogP contribution < -0.4 is 14.8 Å². The van der Waals surface area contributed by atoms with Gasteiger partial charge >= 0.3 is 0 Å². The lowest BCUT2D eigenvalue weighted by molar-refractivity contribution is -0.111. The van der Waals surface area contributed by atoms with E-state index < -0.39 is 0 Å². The summed E-state index contributed by atoms with van der Waals surface area (Å²) in [4.78, 5) is 12.1. The van der Waals surface area contributed by atoms with Crippen molar-refractivity contribution < 1.29 is 14.3 Å². The lowest BCUT2D eigenvalue weighted by atomic mass is 10.2. The number of carbonyl (C=O) groups excluding carboxylic acids is 1. The second kappa shape index (κ2) is 9.91. The van der Waals surface area contributed by atoms with Crippen LogP contribution in [0.15, 0.2) is 58.9 Å². The van der Waals surface area contributed by atoms with Crippen LogP contribution in [0.3, 0.4) is 0 Å². The fourth-order valence-electron chi connectivity index (χ4n) is 2.31. The van der Waals surface area contributed by atoms with Gasteiger partial charge in [0.1, 0.15) is 0 Å². The maximum absolute atomic E-state index is 12.1. The van der Waals surface area contributed by atoms with Gasteiger partial charge in [0.05, 0.1) is 14.2 Å². The Kier molecular flexibility index (Phi) is 7.05. The zero-order valence-corrected chi connectivity index (χ0v) is 17.0. The van der Waals surface area contributed by atoms with Gasteiger partial charge in [-0.15, -0.1) is 10.2 Å². The number of hydrogen-bond donors (Lipinski definition) is 1. The van der Waals surface area contributed by atoms with Crippen molar-refractivity contribution in [1.82, 2.24) is 10.2 Å². The van der Waals surface area contributed by atoms with E-state index in [4.69, 9.17) is 9.47 Å². The molecule has 0 aliphatic heterocycles. The normalized spacial score (nSPS) is 10.8. The SMILES string of the molecule is COc1ccc(C=CC(=O)Nc2nnc(SCc3ccccc3)s2)cc1OC. The smallest absolute Gasteiger partial charge is 0.250 e. The summed E-state index contributed by atoms with van der Waals surface area (Å²) >= 11 is 2.94. The van der Waals surface area contributed by atoms with Crippen LogP contribution in [0.1, 0.15) is 11.1 Å². The fraction of sp³-hybridized carbons (Fsp3) is 0.150. The molecule has 0 aliphatic carbocycles. The molecule has 2 aromatic carbocycles. The standard InChI is InChI=1S/C20H19N3O3S2/c1-25-16-10-8-14(12-17(16)26-2)9-11-18(24)21-19-22-23-20(28-19)27-13-15-6-4-3-5-7-15/h3-12H,13H2,1-2H3,(H,21,22,24). The van der Waals surface area contributed by atoms with E-state index in [0.29, 0.717) is 16.6 Å². The third kappa shape index (κ3) is 5.58. The van der Waals surface area contributed by atoms with Crippen molar-refractivity contribution in [3.8, 4) is 11.5 Å². The average molecular weight is 414 g/mol. The topological polar surface area (TPSA) is 73.3 Å². The minimum absolute atomic E-state index is 0.273. The highest BCUT2D eigenvalue weighted by Crippen LogP contribution is 2.29. The molecule has 0 unspecified atom stereocenters. The van der Waals surface area contributed by atoms with Crippen molar-refractivity contribution in [2.24, 2.45) is 0 Å². The number of amides is 1. The van der Waals surface area contributed by atoms with Gasteiger partial charge in [-0.2, -0.15) is 0 Å². The first-order valence-corrected chi connectivity index (χ1v) is 10.2. The third-order valence-corrected chi connectivity index (χ3v) is 5.72. The van der Waals surface area contributed by atoms with Crippen molar-refractivity contribution in [2.75, 3.05) is 19.5 Å². The number of nitrogens with zero attached hydrogens (tertiary/aromatic N) is 2. The Hall–Kier alpha value is -2.84. The molecule has 1 aromatic heterocycles. The number of thioether (sulfide) groups is 1. The van der Waals surface area contributed by atoms with Gasteiger partial charge in [-0.3, -0.25) is 10.1 Å². The Bertz CT molecular complexity index is 958. The van der Waals surface area contributed by atoms with Gasteiger partial charge in [-0.1, -0.05) is 59.5 Å². The van der Waals surface area contributed by atoms with Crippen LogP contribution in [-0.4, -0.2) is 30.3 Å². The average Bonchev–Trinajstić information content (AvgIpc) is 3.18. The van der Waals surface area contributed by atoms with Crippen LogP contribution in [0, 0.1) is 0 Å². The molecule has 0 saturated heterocycles. The highest BCUT2D eigenvalue weighted by atomic mass is 32.2. The van der Waals surface area contributed by atoms with Crippen LogP contribution in [0.2, 0.25) is 0 Å². The predicted octanol–water partition coefficient (Wildman–Crippen LogP) is 4.50. The zero-order chi connectivity index (χ0) is 19.8. The number of aromatic nitrogens is 2. The molecule has 0 spiro atoms. The summed E-state index contributed by atoms with van der Waals surface area (Å²) in [6.45, 7) is 0. The second-order valence-electron chi connectivity index (χ2n) is 5.58. The zero-order valence-electron chi connectivity index (χ0n) is 15.4. The molecule has 144 valence electrons. The molecule has 8 heteroatoms. The Labute approximate surface area is 171 Å². The number of hydrogen-bond acceptors (Lipinski definition) is 7. The van der Waals surface area contributed by atoms with Gasteiger partial charge in [0.2, 0.25) is 11.0 Å². The summed E-state index contributed by atoms with van der Waals surface area (Å²) in [7, 11) is 3.15. The third-order valence-electron chi connectivity index (χ3n) is 3.68. The van der Waals surface area contributed by atoms with E-state index in [0.717, 1.165) is 15.7 Å². The summed E-state index contributed by atoms with van der Waals surface area (Å²) in [5.41, 5.74) is 2.04. The molecule has 6 nitrogen and oxygen atoms in total. The first kappa shape index (κ1) is 19.9. The van der Waals surface area contributed by atoms with E-state index in [1.54, 1.807) is 44.2 Å². The number of benzene rings is 2. The van der Waals surface area contributed by atoms with Gasteiger partial charge in [-0.05, 0) is 29.3 Å². The highest BCUT2D eigenvalue weighted by Gasteiger charge is 2.08. The quantitative estimate of drug-likeness (QED) is 0.333. The first-order valence-electron chi connectivity index (χ1n) is 8.39. The molecular formula is C20H19N3O3S2. The van der Waals surface area contributed by atoms with Crippen LogP contribution in [-0.2, 0) is 10.5 Å². The number of methoxy groups -OCH3 is 2. The van der Waals surface area contributed by atoms with Crippen molar-refractivity contribution in [2.45, 2.75) is 10.1 Å². The molecule has 0 aliphatic rings. The lowest BCUT2D eigenvalue weighted by Gasteiger charge is -2.07. The summed E-state index contributed by atoms with van der Waals surface area (Å²) in [5.74, 6) is 1.78. The maximum Gasteiger partial charge on any atom is 0.250 e. The van der Waals surface area contributed by atoms with Crippen molar-refractivity contribution in [3.05, 3.63) is 65.7 Å². The summed E-state index contributed by atoms with van der Waals surface area (Å²) in [6.07, 6.45) is 3.14. The Morgan fingerprint density at radius 3 is 2.64 bits per heavy atom. The molecule has 1 heterocycles. The van der Waals surface area contributed by atoms with Gasteiger partial charge in [-0.25, -0.2) is 0 Å². The van der Waals surface area contributed by atoms with Crippen LogP contribution >= 0.6 is 23.1 Å². The van der Waals surface area contributed by atoms with E-state index >= 15 is 0 Å². The second-order valence-corrected chi connectivity index (χ2v) is 7.78. The Morgan fingerprint density at radius 1 is 1.11 bits per heavy atom. The number of rotatable bonds is 8. The van der Waals surface area contributed by atoms with Gasteiger partial charge in [0.25, 0.3) is 0 Å². The van der Waals surface area contributed by atoms with E-state index in [9.17, 15) is 4.79 Å². The molecule has 3 aromatic rings. The number of ether oxygens (including phenoxy) is 2. The van der Waals surface area contributed by atoms with Crippen molar-refractivity contribution in [1.29, 1.82) is 0 Å². The van der Waals surface area contributed by atoms with E-state index in [-0.39, 0.29) is 5.91 Å². The number of carbonyl (C=O) groups is 1. The lowest BCUT2D eigenvalue weighted by Crippen LogP contribution is -2.07. The molecule has 1 amide bonds. The molecule has 0 saturated carbocycles. The van der Waals surface area contributed by atoms with Gasteiger partial charge in [0, 0.05) is 11.8 Å². The van der Waals surface area contributed by atoms with Crippen molar-refractivity contribution in [3.63, 3.8) is 0 Å². The van der Waals surface area contributed by atoms with Crippen molar-refractivity contribution >= 4 is 40.2 Å². The summed E-state index contributed by atoms with van der Waals surface area (Å²) < 4.78 is 11.3. The summed E-state index contributed by atoms with van der Waals surface area (Å²) in [6, 6.07) is 15.6. The van der Waals surface area contributed by atoms with Crippen LogP contribution in [0.5, 0.6) is 11.5 Å². The minimum atomic E-state index is -0.273. The highest BCUT2D eigenvalue weighted by molar-refractivity contribution is 8.00. The van der Waals surface area contributed by atoms with Crippen LogP contribution in [0.25, 0.3) is 6.08 Å². The van der Waals surface area contributed by atoms with E-state index in [1.807, 2.05) is 24.3 Å². The molecule has 0 radical (unpaired) electrons. The fourth-order valence-corrected chi connectivity index (χ4v) is 4.02. The maximum atomic E-state index is 12.1. The monoisotopic (exact) mass is 413 g/mol. The number of nitrogens with one attached hydrogen (secondary N) is 1. The van der Waals surface area contributed by atoms with Crippen LogP contribution in [0.4, 0.5) is 5.13 Å². The number of anilines is 1. The molecule has 0 atom stereocenters. The summed E-state index contributed by atoms with van der Waals surface area (Å²) in [5, 5.41) is 11.3. The van der Waals surface area contributed by atoms with E-state index in [2.05, 4.69) is 27.6 Å². The molecule has 3 rings (SSSR count). The van der Waals surface area contributed by atoms with Gasteiger partial charge < -0.3 is 9.47 Å². The molecule has 0 fully saturated rings. The van der Waals surface area contributed by atoms with Gasteiger partial charge in [0.15, 0.2) is 15.8 Å². The first-order chi connectivity index (χ1) is 13.7.